The van der Waals surface area contributed by atoms with Crippen LogP contribution >= 0.6 is 0 Å². The minimum atomic E-state index is -3.02. The van der Waals surface area contributed by atoms with Crippen LogP contribution < -0.4 is 4.90 Å². The highest BCUT2D eigenvalue weighted by atomic mass is 32.2. The van der Waals surface area contributed by atoms with Crippen molar-refractivity contribution in [1.29, 1.82) is 0 Å². The van der Waals surface area contributed by atoms with Gasteiger partial charge in [-0.2, -0.15) is 0 Å². The van der Waals surface area contributed by atoms with Gasteiger partial charge in [-0.05, 0) is 36.6 Å². The fourth-order valence-electron chi connectivity index (χ4n) is 3.84. The first-order valence-corrected chi connectivity index (χ1v) is 10.7. The number of fused-ring (bicyclic) bond motifs is 1. The van der Waals surface area contributed by atoms with Crippen LogP contribution in [0.2, 0.25) is 0 Å². The number of benzene rings is 1. The number of amides is 1. The maximum Gasteiger partial charge on any atom is 0.241 e. The van der Waals surface area contributed by atoms with Gasteiger partial charge in [-0.25, -0.2) is 8.42 Å². The second-order valence-corrected chi connectivity index (χ2v) is 9.19. The molecule has 3 heterocycles. The molecule has 2 aliphatic heterocycles. The number of sulfone groups is 1. The summed E-state index contributed by atoms with van der Waals surface area (Å²) in [5.41, 5.74) is 2.15. The summed E-state index contributed by atoms with van der Waals surface area (Å²) in [7, 11) is -3.02. The SMILES string of the molecule is O=C(CN(Cc1ccco1)C1CCS(=O)(=O)C1)N1CCc2ccccc21. The largest absolute Gasteiger partial charge is 0.468 e. The third kappa shape index (κ3) is 3.54. The van der Waals surface area contributed by atoms with Crippen LogP contribution in [-0.4, -0.2) is 49.9 Å². The van der Waals surface area contributed by atoms with Crippen LogP contribution in [0, 0.1) is 0 Å². The maximum atomic E-state index is 13.0. The number of anilines is 1. The molecule has 1 fully saturated rings. The number of carbonyl (C=O) groups is 1. The van der Waals surface area contributed by atoms with Crippen LogP contribution in [0.25, 0.3) is 0 Å². The molecule has 1 aromatic heterocycles. The highest BCUT2D eigenvalue weighted by molar-refractivity contribution is 7.91. The number of hydrogen-bond acceptors (Lipinski definition) is 5. The lowest BCUT2D eigenvalue weighted by atomic mass is 10.2. The molecule has 138 valence electrons. The normalized spacial score (nSPS) is 21.3. The fourth-order valence-corrected chi connectivity index (χ4v) is 5.60. The Morgan fingerprint density at radius 3 is 2.81 bits per heavy atom. The van der Waals surface area contributed by atoms with Gasteiger partial charge < -0.3 is 9.32 Å². The summed E-state index contributed by atoms with van der Waals surface area (Å²) >= 11 is 0. The van der Waals surface area contributed by atoms with Crippen molar-refractivity contribution in [3.05, 3.63) is 54.0 Å². The van der Waals surface area contributed by atoms with Crippen molar-refractivity contribution in [3.63, 3.8) is 0 Å². The zero-order valence-corrected chi connectivity index (χ0v) is 15.3. The Kier molecular flexibility index (Phi) is 4.58. The van der Waals surface area contributed by atoms with Crippen molar-refractivity contribution in [2.75, 3.05) is 29.5 Å². The van der Waals surface area contributed by atoms with E-state index in [0.717, 1.165) is 17.9 Å². The van der Waals surface area contributed by atoms with Crippen molar-refractivity contribution in [3.8, 4) is 0 Å². The molecule has 4 rings (SSSR count). The van der Waals surface area contributed by atoms with E-state index in [0.29, 0.717) is 19.5 Å². The van der Waals surface area contributed by atoms with E-state index in [9.17, 15) is 13.2 Å². The van der Waals surface area contributed by atoms with Gasteiger partial charge in [-0.1, -0.05) is 18.2 Å². The highest BCUT2D eigenvalue weighted by Gasteiger charge is 2.35. The molecule has 1 saturated heterocycles. The average molecular weight is 374 g/mol. The first-order chi connectivity index (χ1) is 12.5. The molecule has 1 amide bonds. The van der Waals surface area contributed by atoms with E-state index in [-0.39, 0.29) is 30.0 Å². The third-order valence-corrected chi connectivity index (χ3v) is 6.94. The van der Waals surface area contributed by atoms with Gasteiger partial charge in [-0.3, -0.25) is 9.69 Å². The van der Waals surface area contributed by atoms with Crippen molar-refractivity contribution in [1.82, 2.24) is 4.90 Å². The summed E-state index contributed by atoms with van der Waals surface area (Å²) < 4.78 is 29.2. The van der Waals surface area contributed by atoms with E-state index in [1.807, 2.05) is 40.1 Å². The minimum Gasteiger partial charge on any atom is -0.468 e. The predicted octanol–water partition coefficient (Wildman–Crippen LogP) is 1.86. The quantitative estimate of drug-likeness (QED) is 0.799. The first-order valence-electron chi connectivity index (χ1n) is 8.87. The van der Waals surface area contributed by atoms with Crippen molar-refractivity contribution < 1.29 is 17.6 Å². The van der Waals surface area contributed by atoms with E-state index in [4.69, 9.17) is 4.42 Å². The fraction of sp³-hybridized carbons (Fsp3) is 0.421. The lowest BCUT2D eigenvalue weighted by molar-refractivity contribution is -0.120. The predicted molar refractivity (Wildman–Crippen MR) is 98.7 cm³/mol. The summed E-state index contributed by atoms with van der Waals surface area (Å²) in [6, 6.07) is 11.5. The van der Waals surface area contributed by atoms with Crippen LogP contribution in [0.5, 0.6) is 0 Å². The minimum absolute atomic E-state index is 0.00537. The van der Waals surface area contributed by atoms with E-state index in [1.54, 1.807) is 12.3 Å². The molecular formula is C19H22N2O4S. The van der Waals surface area contributed by atoms with Crippen LogP contribution in [0.3, 0.4) is 0 Å². The molecule has 1 atom stereocenters. The van der Waals surface area contributed by atoms with Crippen molar-refractivity contribution in [2.45, 2.75) is 25.4 Å². The number of para-hydroxylation sites is 1. The molecule has 7 heteroatoms. The molecule has 0 bridgehead atoms. The van der Waals surface area contributed by atoms with Gasteiger partial charge in [0, 0.05) is 18.3 Å². The van der Waals surface area contributed by atoms with E-state index in [2.05, 4.69) is 0 Å². The summed E-state index contributed by atoms with van der Waals surface area (Å²) in [5, 5.41) is 0. The average Bonchev–Trinajstić information content (AvgIpc) is 3.33. The third-order valence-electron chi connectivity index (χ3n) is 5.19. The molecule has 0 aliphatic carbocycles. The molecule has 1 unspecified atom stereocenters. The molecule has 0 N–H and O–H groups in total. The standard InChI is InChI=1S/C19H22N2O4S/c22-19(21-9-7-15-4-1-2-6-18(15)21)13-20(12-17-5-3-10-25-17)16-8-11-26(23,24)14-16/h1-6,10,16H,7-9,11-14H2. The number of carbonyl (C=O) groups excluding carboxylic acids is 1. The molecule has 2 aromatic rings. The second kappa shape index (κ2) is 6.89. The second-order valence-electron chi connectivity index (χ2n) is 6.97. The topological polar surface area (TPSA) is 70.8 Å². The van der Waals surface area contributed by atoms with Crippen LogP contribution in [-0.2, 0) is 27.6 Å². The van der Waals surface area contributed by atoms with Gasteiger partial charge in [0.2, 0.25) is 5.91 Å². The van der Waals surface area contributed by atoms with Gasteiger partial charge in [-0.15, -0.1) is 0 Å². The van der Waals surface area contributed by atoms with Crippen LogP contribution in [0.15, 0.2) is 47.1 Å². The molecule has 0 radical (unpaired) electrons. The Labute approximate surface area is 153 Å². The Balaban J connectivity index is 1.52. The van der Waals surface area contributed by atoms with E-state index in [1.165, 1.54) is 5.56 Å². The number of nitrogens with zero attached hydrogens (tertiary/aromatic N) is 2. The van der Waals surface area contributed by atoms with Gasteiger partial charge in [0.15, 0.2) is 9.84 Å². The van der Waals surface area contributed by atoms with E-state index >= 15 is 0 Å². The lowest BCUT2D eigenvalue weighted by Crippen LogP contribution is -2.44. The molecule has 26 heavy (non-hydrogen) atoms. The Morgan fingerprint density at radius 2 is 2.08 bits per heavy atom. The lowest BCUT2D eigenvalue weighted by Gasteiger charge is -2.28. The van der Waals surface area contributed by atoms with Crippen molar-refractivity contribution in [2.24, 2.45) is 0 Å². The Hall–Kier alpha value is -2.12. The summed E-state index contributed by atoms with van der Waals surface area (Å²) in [4.78, 5) is 16.7. The number of furan rings is 1. The maximum absolute atomic E-state index is 13.0. The number of rotatable bonds is 5. The summed E-state index contributed by atoms with van der Waals surface area (Å²) in [5.74, 6) is 1.04. The molecule has 0 saturated carbocycles. The molecular weight excluding hydrogens is 352 g/mol. The Bertz CT molecular complexity index is 892. The van der Waals surface area contributed by atoms with Gasteiger partial charge in [0.25, 0.3) is 0 Å². The molecule has 6 nitrogen and oxygen atoms in total. The summed E-state index contributed by atoms with van der Waals surface area (Å²) in [6.45, 7) is 1.30. The van der Waals surface area contributed by atoms with Crippen LogP contribution in [0.4, 0.5) is 5.69 Å². The van der Waals surface area contributed by atoms with Crippen LogP contribution in [0.1, 0.15) is 17.7 Å². The zero-order valence-electron chi connectivity index (χ0n) is 14.5. The Morgan fingerprint density at radius 1 is 1.23 bits per heavy atom. The highest BCUT2D eigenvalue weighted by Crippen LogP contribution is 2.28. The summed E-state index contributed by atoms with van der Waals surface area (Å²) in [6.07, 6.45) is 3.02. The monoisotopic (exact) mass is 374 g/mol. The molecule has 1 aromatic carbocycles. The zero-order chi connectivity index (χ0) is 18.1. The molecule has 0 spiro atoms. The van der Waals surface area contributed by atoms with Gasteiger partial charge in [0.1, 0.15) is 5.76 Å². The van der Waals surface area contributed by atoms with E-state index < -0.39 is 9.84 Å². The van der Waals surface area contributed by atoms with Crippen molar-refractivity contribution >= 4 is 21.4 Å². The molecule has 2 aliphatic rings. The smallest absolute Gasteiger partial charge is 0.241 e. The van der Waals surface area contributed by atoms with Gasteiger partial charge >= 0.3 is 0 Å². The van der Waals surface area contributed by atoms with Gasteiger partial charge in [0.05, 0.1) is 30.9 Å². The number of hydrogen-bond donors (Lipinski definition) is 0. The first kappa shape index (κ1) is 17.3.